The van der Waals surface area contributed by atoms with Gasteiger partial charge in [0.15, 0.2) is 5.96 Å². The van der Waals surface area contributed by atoms with Crippen LogP contribution in [0, 0.1) is 0 Å². The zero-order valence-electron chi connectivity index (χ0n) is 16.8. The van der Waals surface area contributed by atoms with E-state index in [0.717, 1.165) is 50.0 Å². The summed E-state index contributed by atoms with van der Waals surface area (Å²) in [5.41, 5.74) is 3.84. The molecular weight excluding hydrogens is 465 g/mol. The fourth-order valence-electron chi connectivity index (χ4n) is 3.37. The predicted octanol–water partition coefficient (Wildman–Crippen LogP) is 3.76. The second-order valence-corrected chi connectivity index (χ2v) is 6.81. The van der Waals surface area contributed by atoms with Crippen molar-refractivity contribution in [3.8, 4) is 11.5 Å². The van der Waals surface area contributed by atoms with Crippen LogP contribution in [-0.4, -0.2) is 39.8 Å². The summed E-state index contributed by atoms with van der Waals surface area (Å²) in [6.07, 6.45) is 1.97. The first-order chi connectivity index (χ1) is 13.2. The first-order valence-electron chi connectivity index (χ1n) is 9.53. The number of hydrogen-bond acceptors (Lipinski definition) is 3. The van der Waals surface area contributed by atoms with Crippen LogP contribution in [0.4, 0.5) is 0 Å². The van der Waals surface area contributed by atoms with Crippen molar-refractivity contribution in [1.82, 2.24) is 10.6 Å². The number of methoxy groups -OCH3 is 1. The number of nitrogens with one attached hydrogen (secondary N) is 2. The maximum absolute atomic E-state index is 5.57. The highest BCUT2D eigenvalue weighted by Crippen LogP contribution is 2.26. The van der Waals surface area contributed by atoms with Crippen LogP contribution in [0.2, 0.25) is 0 Å². The zero-order chi connectivity index (χ0) is 19.1. The lowest BCUT2D eigenvalue weighted by Crippen LogP contribution is -2.39. The maximum atomic E-state index is 5.57. The molecule has 1 aliphatic rings. The van der Waals surface area contributed by atoms with Gasteiger partial charge in [-0.15, -0.1) is 24.0 Å². The molecule has 1 aliphatic heterocycles. The molecule has 0 saturated heterocycles. The summed E-state index contributed by atoms with van der Waals surface area (Å²) in [4.78, 5) is 4.33. The Kier molecular flexibility index (Phi) is 8.89. The molecule has 5 nitrogen and oxygen atoms in total. The average Bonchev–Trinajstić information content (AvgIpc) is 3.18. The van der Waals surface area contributed by atoms with E-state index in [9.17, 15) is 0 Å². The van der Waals surface area contributed by atoms with Crippen molar-refractivity contribution < 1.29 is 9.47 Å². The number of nitrogens with zero attached hydrogens (tertiary/aromatic N) is 1. The normalized spacial score (nSPS) is 13.8. The van der Waals surface area contributed by atoms with Crippen molar-refractivity contribution in [2.45, 2.75) is 25.7 Å². The summed E-state index contributed by atoms with van der Waals surface area (Å²) in [5.74, 6) is 3.10. The van der Waals surface area contributed by atoms with E-state index in [2.05, 4.69) is 46.8 Å². The summed E-state index contributed by atoms with van der Waals surface area (Å²) in [6.45, 7) is 4.61. The maximum Gasteiger partial charge on any atom is 0.191 e. The topological polar surface area (TPSA) is 54.9 Å². The molecule has 0 spiro atoms. The SMILES string of the molecule is CN=C(NCCc1ccc2c(c1)CCO2)NCC(C)c1ccccc1OC.I. The molecule has 0 fully saturated rings. The Morgan fingerprint density at radius 2 is 2.04 bits per heavy atom. The van der Waals surface area contributed by atoms with E-state index >= 15 is 0 Å². The van der Waals surface area contributed by atoms with E-state index in [4.69, 9.17) is 9.47 Å². The van der Waals surface area contributed by atoms with Crippen molar-refractivity contribution >= 4 is 29.9 Å². The standard InChI is InChI=1S/C22H29N3O2.HI/c1-16(19-6-4-5-7-21(19)26-3)15-25-22(23-2)24-12-10-17-8-9-20-18(14-17)11-13-27-20;/h4-9,14,16H,10-13,15H2,1-3H3,(H2,23,24,25);1H. The average molecular weight is 495 g/mol. The van der Waals surface area contributed by atoms with Crippen LogP contribution in [0.3, 0.4) is 0 Å². The summed E-state index contributed by atoms with van der Waals surface area (Å²) < 4.78 is 11.0. The quantitative estimate of drug-likeness (QED) is 0.349. The van der Waals surface area contributed by atoms with Gasteiger partial charge in [0.2, 0.25) is 0 Å². The van der Waals surface area contributed by atoms with Gasteiger partial charge >= 0.3 is 0 Å². The van der Waals surface area contributed by atoms with Crippen molar-refractivity contribution in [2.75, 3.05) is 33.9 Å². The number of guanidine groups is 1. The van der Waals surface area contributed by atoms with Crippen molar-refractivity contribution in [3.05, 3.63) is 59.2 Å². The van der Waals surface area contributed by atoms with E-state index in [1.165, 1.54) is 16.7 Å². The van der Waals surface area contributed by atoms with Crippen LogP contribution < -0.4 is 20.1 Å². The Labute approximate surface area is 184 Å². The van der Waals surface area contributed by atoms with Gasteiger partial charge in [-0.3, -0.25) is 4.99 Å². The van der Waals surface area contributed by atoms with Crippen LogP contribution in [0.25, 0.3) is 0 Å². The molecule has 2 N–H and O–H groups in total. The van der Waals surface area contributed by atoms with Gasteiger partial charge in [-0.1, -0.05) is 37.3 Å². The summed E-state index contributed by atoms with van der Waals surface area (Å²) in [7, 11) is 3.51. The number of halogens is 1. The second-order valence-electron chi connectivity index (χ2n) is 6.81. The molecule has 2 aromatic carbocycles. The molecule has 1 heterocycles. The van der Waals surface area contributed by atoms with Crippen molar-refractivity contribution in [2.24, 2.45) is 4.99 Å². The van der Waals surface area contributed by atoms with Crippen LogP contribution in [-0.2, 0) is 12.8 Å². The Morgan fingerprint density at radius 3 is 2.82 bits per heavy atom. The van der Waals surface area contributed by atoms with Crippen LogP contribution in [0.15, 0.2) is 47.5 Å². The predicted molar refractivity (Wildman–Crippen MR) is 126 cm³/mol. The lowest BCUT2D eigenvalue weighted by atomic mass is 10.0. The number of benzene rings is 2. The van der Waals surface area contributed by atoms with Crippen LogP contribution >= 0.6 is 24.0 Å². The van der Waals surface area contributed by atoms with Gasteiger partial charge in [0.05, 0.1) is 13.7 Å². The van der Waals surface area contributed by atoms with E-state index in [1.807, 2.05) is 18.2 Å². The van der Waals surface area contributed by atoms with E-state index in [-0.39, 0.29) is 24.0 Å². The molecule has 0 bridgehead atoms. The van der Waals surface area contributed by atoms with Crippen molar-refractivity contribution in [1.29, 1.82) is 0 Å². The molecule has 0 aliphatic carbocycles. The largest absolute Gasteiger partial charge is 0.496 e. The molecule has 0 amide bonds. The fraction of sp³-hybridized carbons (Fsp3) is 0.409. The molecule has 1 unspecified atom stereocenters. The highest BCUT2D eigenvalue weighted by molar-refractivity contribution is 14.0. The van der Waals surface area contributed by atoms with Gasteiger partial charge in [-0.25, -0.2) is 0 Å². The number of aliphatic imine (C=N–C) groups is 1. The molecule has 28 heavy (non-hydrogen) atoms. The van der Waals surface area contributed by atoms with Gasteiger partial charge in [-0.2, -0.15) is 0 Å². The van der Waals surface area contributed by atoms with E-state index < -0.39 is 0 Å². The van der Waals surface area contributed by atoms with Gasteiger partial charge in [-0.05, 0) is 35.2 Å². The van der Waals surface area contributed by atoms with Crippen LogP contribution in [0.1, 0.15) is 29.5 Å². The Bertz CT molecular complexity index is 795. The monoisotopic (exact) mass is 495 g/mol. The Hall–Kier alpha value is -1.96. The number of rotatable bonds is 7. The van der Waals surface area contributed by atoms with Crippen LogP contribution in [0.5, 0.6) is 11.5 Å². The Morgan fingerprint density at radius 1 is 1.21 bits per heavy atom. The summed E-state index contributed by atoms with van der Waals surface area (Å²) in [6, 6.07) is 14.6. The van der Waals surface area contributed by atoms with E-state index in [0.29, 0.717) is 5.92 Å². The van der Waals surface area contributed by atoms with Gasteiger partial charge in [0, 0.05) is 32.5 Å². The van der Waals surface area contributed by atoms with Gasteiger partial charge in [0.25, 0.3) is 0 Å². The number of hydrogen-bond donors (Lipinski definition) is 2. The zero-order valence-corrected chi connectivity index (χ0v) is 19.2. The fourth-order valence-corrected chi connectivity index (χ4v) is 3.37. The molecule has 2 aromatic rings. The number of ether oxygens (including phenoxy) is 2. The summed E-state index contributed by atoms with van der Waals surface area (Å²) >= 11 is 0. The highest BCUT2D eigenvalue weighted by atomic mass is 127. The molecule has 0 aromatic heterocycles. The third-order valence-electron chi connectivity index (χ3n) is 4.93. The van der Waals surface area contributed by atoms with Gasteiger partial charge < -0.3 is 20.1 Å². The molecule has 6 heteroatoms. The first-order valence-corrected chi connectivity index (χ1v) is 9.53. The second kappa shape index (κ2) is 11.1. The molecule has 0 saturated carbocycles. The summed E-state index contributed by atoms with van der Waals surface area (Å²) in [5, 5.41) is 6.81. The van der Waals surface area contributed by atoms with Gasteiger partial charge in [0.1, 0.15) is 11.5 Å². The smallest absolute Gasteiger partial charge is 0.191 e. The molecular formula is C22H30IN3O2. The molecule has 1 atom stereocenters. The molecule has 3 rings (SSSR count). The van der Waals surface area contributed by atoms with Crippen molar-refractivity contribution in [3.63, 3.8) is 0 Å². The number of para-hydroxylation sites is 1. The minimum absolute atomic E-state index is 0. The molecule has 0 radical (unpaired) electrons. The first kappa shape index (κ1) is 22.3. The Balaban J connectivity index is 0.00000280. The third-order valence-corrected chi connectivity index (χ3v) is 4.93. The van der Waals surface area contributed by atoms with E-state index in [1.54, 1.807) is 14.2 Å². The highest BCUT2D eigenvalue weighted by Gasteiger charge is 2.13. The number of fused-ring (bicyclic) bond motifs is 1. The minimum Gasteiger partial charge on any atom is -0.496 e. The third kappa shape index (κ3) is 5.77. The minimum atomic E-state index is 0. The lowest BCUT2D eigenvalue weighted by Gasteiger charge is -2.18. The lowest BCUT2D eigenvalue weighted by molar-refractivity contribution is 0.357. The molecule has 152 valence electrons.